The van der Waals surface area contributed by atoms with E-state index in [0.29, 0.717) is 17.2 Å². The van der Waals surface area contributed by atoms with Crippen molar-refractivity contribution in [1.82, 2.24) is 4.90 Å². The molecule has 0 aliphatic rings. The molecule has 98 valence electrons. The van der Waals surface area contributed by atoms with Crippen molar-refractivity contribution in [2.45, 2.75) is 11.3 Å². The quantitative estimate of drug-likeness (QED) is 0.597. The van der Waals surface area contributed by atoms with Crippen molar-refractivity contribution in [3.05, 3.63) is 29.3 Å². The van der Waals surface area contributed by atoms with E-state index in [1.807, 2.05) is 30.3 Å². The molecule has 19 heavy (non-hydrogen) atoms. The predicted molar refractivity (Wildman–Crippen MR) is 74.6 cm³/mol. The van der Waals surface area contributed by atoms with Crippen molar-refractivity contribution < 1.29 is 4.79 Å². The molecule has 0 unspecified atom stereocenters. The number of nitrogens with zero attached hydrogens (tertiary/aromatic N) is 3. The number of carbonyl (C=O) groups excluding carboxylic acids is 1. The van der Waals surface area contributed by atoms with E-state index in [1.165, 1.54) is 16.7 Å². The topological polar surface area (TPSA) is 67.9 Å². The van der Waals surface area contributed by atoms with Gasteiger partial charge in [0.25, 0.3) is 0 Å². The van der Waals surface area contributed by atoms with E-state index in [-0.39, 0.29) is 19.0 Å². The highest BCUT2D eigenvalue weighted by Gasteiger charge is 2.12. The van der Waals surface area contributed by atoms with Crippen molar-refractivity contribution in [1.29, 1.82) is 10.5 Å². The first-order valence-electron chi connectivity index (χ1n) is 5.57. The standard InChI is InChI=1S/C13H12ClN3OS/c14-11-2-1-3-12(10-11)19-9-4-13(18)17(7-5-15)8-6-16/h1-3,10H,4,7-9H2. The van der Waals surface area contributed by atoms with E-state index in [4.69, 9.17) is 22.1 Å². The molecule has 0 fully saturated rings. The smallest absolute Gasteiger partial charge is 0.225 e. The van der Waals surface area contributed by atoms with Crippen LogP contribution in [0, 0.1) is 22.7 Å². The van der Waals surface area contributed by atoms with Crippen molar-refractivity contribution >= 4 is 29.3 Å². The molecule has 0 saturated carbocycles. The van der Waals surface area contributed by atoms with E-state index in [9.17, 15) is 4.79 Å². The van der Waals surface area contributed by atoms with Crippen LogP contribution in [0.1, 0.15) is 6.42 Å². The van der Waals surface area contributed by atoms with Gasteiger partial charge in [0.05, 0.1) is 12.1 Å². The Morgan fingerprint density at radius 1 is 1.32 bits per heavy atom. The molecule has 4 nitrogen and oxygen atoms in total. The van der Waals surface area contributed by atoms with Crippen molar-refractivity contribution in [3.8, 4) is 12.1 Å². The second-order valence-corrected chi connectivity index (χ2v) is 5.23. The zero-order chi connectivity index (χ0) is 14.1. The number of rotatable bonds is 6. The summed E-state index contributed by atoms with van der Waals surface area (Å²) in [6, 6.07) is 11.2. The summed E-state index contributed by atoms with van der Waals surface area (Å²) >= 11 is 7.38. The Labute approximate surface area is 121 Å². The summed E-state index contributed by atoms with van der Waals surface area (Å²) < 4.78 is 0. The third-order valence-corrected chi connectivity index (χ3v) is 3.49. The number of thioether (sulfide) groups is 1. The summed E-state index contributed by atoms with van der Waals surface area (Å²) in [5, 5.41) is 17.8. The lowest BCUT2D eigenvalue weighted by molar-refractivity contribution is -0.129. The highest BCUT2D eigenvalue weighted by molar-refractivity contribution is 7.99. The van der Waals surface area contributed by atoms with E-state index >= 15 is 0 Å². The molecule has 0 N–H and O–H groups in total. The molecular weight excluding hydrogens is 282 g/mol. The molecule has 0 aliphatic carbocycles. The summed E-state index contributed by atoms with van der Waals surface area (Å²) in [4.78, 5) is 14.0. The lowest BCUT2D eigenvalue weighted by atomic mass is 10.4. The summed E-state index contributed by atoms with van der Waals surface area (Å²) in [6.07, 6.45) is 0.292. The Morgan fingerprint density at radius 3 is 2.58 bits per heavy atom. The van der Waals surface area contributed by atoms with E-state index < -0.39 is 0 Å². The second-order valence-electron chi connectivity index (χ2n) is 3.62. The molecule has 0 saturated heterocycles. The lowest BCUT2D eigenvalue weighted by Crippen LogP contribution is -2.31. The van der Waals surface area contributed by atoms with Gasteiger partial charge in [0.15, 0.2) is 0 Å². The number of hydrogen-bond acceptors (Lipinski definition) is 4. The normalized spacial score (nSPS) is 9.42. The van der Waals surface area contributed by atoms with Gasteiger partial charge < -0.3 is 4.90 Å². The zero-order valence-corrected chi connectivity index (χ0v) is 11.7. The number of hydrogen-bond donors (Lipinski definition) is 0. The molecule has 6 heteroatoms. The first kappa shape index (κ1) is 15.4. The Bertz CT molecular complexity index is 505. The van der Waals surface area contributed by atoms with Gasteiger partial charge in [-0.1, -0.05) is 17.7 Å². The SMILES string of the molecule is N#CCN(CC#N)C(=O)CCSc1cccc(Cl)c1. The van der Waals surface area contributed by atoms with Gasteiger partial charge >= 0.3 is 0 Å². The van der Waals surface area contributed by atoms with Gasteiger partial charge in [0.1, 0.15) is 13.1 Å². The zero-order valence-electron chi connectivity index (χ0n) is 10.2. The van der Waals surface area contributed by atoms with Gasteiger partial charge in [0, 0.05) is 22.1 Å². The Morgan fingerprint density at radius 2 is 2.00 bits per heavy atom. The van der Waals surface area contributed by atoms with Crippen LogP contribution >= 0.6 is 23.4 Å². The summed E-state index contributed by atoms with van der Waals surface area (Å²) in [6.45, 7) is -0.0948. The minimum atomic E-state index is -0.183. The first-order chi connectivity index (χ1) is 9.17. The largest absolute Gasteiger partial charge is 0.316 e. The average molecular weight is 294 g/mol. The van der Waals surface area contributed by atoms with E-state index in [2.05, 4.69) is 0 Å². The fourth-order valence-corrected chi connectivity index (χ4v) is 2.53. The molecule has 0 aromatic heterocycles. The molecule has 1 amide bonds. The maximum atomic E-state index is 11.8. The van der Waals surface area contributed by atoms with Crippen molar-refractivity contribution in [2.75, 3.05) is 18.8 Å². The molecule has 1 aromatic carbocycles. The number of nitriles is 2. The summed E-state index contributed by atoms with van der Waals surface area (Å²) in [7, 11) is 0. The van der Waals surface area contributed by atoms with Gasteiger partial charge in [-0.3, -0.25) is 4.79 Å². The monoisotopic (exact) mass is 293 g/mol. The fourth-order valence-electron chi connectivity index (χ4n) is 1.37. The van der Waals surface area contributed by atoms with Crippen LogP contribution in [-0.4, -0.2) is 29.6 Å². The third-order valence-electron chi connectivity index (χ3n) is 2.26. The van der Waals surface area contributed by atoms with Gasteiger partial charge in [0.2, 0.25) is 5.91 Å². The van der Waals surface area contributed by atoms with Crippen molar-refractivity contribution in [3.63, 3.8) is 0 Å². The van der Waals surface area contributed by atoms with Crippen LogP contribution in [0.5, 0.6) is 0 Å². The Hall–Kier alpha value is -1.69. The van der Waals surface area contributed by atoms with E-state index in [1.54, 1.807) is 6.07 Å². The summed E-state index contributed by atoms with van der Waals surface area (Å²) in [5.41, 5.74) is 0. The van der Waals surface area contributed by atoms with Crippen LogP contribution in [-0.2, 0) is 4.79 Å². The molecule has 0 bridgehead atoms. The molecule has 1 aromatic rings. The molecule has 0 aliphatic heterocycles. The van der Waals surface area contributed by atoms with Crippen LogP contribution in [0.25, 0.3) is 0 Å². The van der Waals surface area contributed by atoms with Gasteiger partial charge in [-0.25, -0.2) is 0 Å². The van der Waals surface area contributed by atoms with Gasteiger partial charge in [-0.05, 0) is 18.2 Å². The summed E-state index contributed by atoms with van der Waals surface area (Å²) in [5.74, 6) is 0.407. The first-order valence-corrected chi connectivity index (χ1v) is 6.93. The lowest BCUT2D eigenvalue weighted by Gasteiger charge is -2.15. The Balaban J connectivity index is 2.42. The van der Waals surface area contributed by atoms with E-state index in [0.717, 1.165) is 4.90 Å². The second kappa shape index (κ2) is 8.42. The highest BCUT2D eigenvalue weighted by atomic mass is 35.5. The highest BCUT2D eigenvalue weighted by Crippen LogP contribution is 2.22. The maximum absolute atomic E-state index is 11.8. The molecule has 0 radical (unpaired) electrons. The molecular formula is C13H12ClN3OS. The average Bonchev–Trinajstić information content (AvgIpc) is 2.38. The van der Waals surface area contributed by atoms with Crippen LogP contribution in [0.4, 0.5) is 0 Å². The molecule has 1 rings (SSSR count). The van der Waals surface area contributed by atoms with Crippen molar-refractivity contribution in [2.24, 2.45) is 0 Å². The molecule has 0 heterocycles. The van der Waals surface area contributed by atoms with Gasteiger partial charge in [-0.2, -0.15) is 10.5 Å². The van der Waals surface area contributed by atoms with Gasteiger partial charge in [-0.15, -0.1) is 11.8 Å². The molecule has 0 spiro atoms. The Kier molecular flexibility index (Phi) is 6.81. The third kappa shape index (κ3) is 5.65. The van der Waals surface area contributed by atoms with Crippen LogP contribution in [0.2, 0.25) is 5.02 Å². The number of carbonyl (C=O) groups is 1. The number of benzene rings is 1. The van der Waals surface area contributed by atoms with Crippen LogP contribution in [0.15, 0.2) is 29.2 Å². The molecule has 0 atom stereocenters. The van der Waals surface area contributed by atoms with Crippen LogP contribution in [0.3, 0.4) is 0 Å². The predicted octanol–water partition coefficient (Wildman–Crippen LogP) is 2.70. The minimum Gasteiger partial charge on any atom is -0.316 e. The number of halogens is 1. The maximum Gasteiger partial charge on any atom is 0.225 e. The minimum absolute atomic E-state index is 0.0474. The van der Waals surface area contributed by atoms with Crippen LogP contribution < -0.4 is 0 Å². The number of amides is 1. The fraction of sp³-hybridized carbons (Fsp3) is 0.308.